The molecule has 1 rings (SSSR count). The van der Waals surface area contributed by atoms with Crippen molar-refractivity contribution in [3.05, 3.63) is 29.8 Å². The first-order chi connectivity index (χ1) is 8.02. The van der Waals surface area contributed by atoms with E-state index in [0.29, 0.717) is 11.3 Å². The van der Waals surface area contributed by atoms with Crippen LogP contribution >= 0.6 is 0 Å². The van der Waals surface area contributed by atoms with E-state index in [-0.39, 0.29) is 11.9 Å². The molecule has 0 saturated heterocycles. The van der Waals surface area contributed by atoms with E-state index >= 15 is 0 Å². The fraction of sp³-hybridized carbons (Fsp3) is 0.333. The van der Waals surface area contributed by atoms with Crippen LogP contribution in [0, 0.1) is 0 Å². The third-order valence-corrected chi connectivity index (χ3v) is 2.40. The number of anilines is 1. The van der Waals surface area contributed by atoms with Gasteiger partial charge in [0, 0.05) is 17.3 Å². The third-order valence-electron chi connectivity index (χ3n) is 2.40. The molecule has 0 unspecified atom stereocenters. The van der Waals surface area contributed by atoms with Gasteiger partial charge in [-0.05, 0) is 37.6 Å². The van der Waals surface area contributed by atoms with Crippen LogP contribution < -0.4 is 16.4 Å². The Bertz CT molecular complexity index is 401. The molecule has 5 nitrogen and oxygen atoms in total. The molecule has 1 aromatic rings. The molecular weight excluding hydrogens is 218 g/mol. The molecule has 0 aromatic heterocycles. The number of carbonyl (C=O) groups is 2. The quantitative estimate of drug-likeness (QED) is 0.742. The zero-order valence-corrected chi connectivity index (χ0v) is 9.99. The number of urea groups is 1. The number of nitrogens with one attached hydrogen (secondary N) is 2. The van der Waals surface area contributed by atoms with Gasteiger partial charge in [-0.15, -0.1) is 0 Å². The molecule has 3 amide bonds. The Morgan fingerprint density at radius 1 is 1.29 bits per heavy atom. The van der Waals surface area contributed by atoms with E-state index in [2.05, 4.69) is 10.6 Å². The molecular formula is C12H17N3O2. The average Bonchev–Trinajstić information content (AvgIpc) is 2.28. The molecule has 17 heavy (non-hydrogen) atoms. The number of rotatable bonds is 4. The predicted molar refractivity (Wildman–Crippen MR) is 66.9 cm³/mol. The van der Waals surface area contributed by atoms with Gasteiger partial charge in [0.15, 0.2) is 0 Å². The summed E-state index contributed by atoms with van der Waals surface area (Å²) >= 11 is 0. The molecule has 4 N–H and O–H groups in total. The van der Waals surface area contributed by atoms with E-state index in [0.717, 1.165) is 6.42 Å². The van der Waals surface area contributed by atoms with Crippen LogP contribution in [0.15, 0.2) is 24.3 Å². The molecule has 0 aliphatic carbocycles. The van der Waals surface area contributed by atoms with Gasteiger partial charge in [-0.3, -0.25) is 4.79 Å². The van der Waals surface area contributed by atoms with Crippen molar-refractivity contribution in [3.63, 3.8) is 0 Å². The Hall–Kier alpha value is -2.04. The van der Waals surface area contributed by atoms with Gasteiger partial charge in [0.2, 0.25) is 0 Å². The Kier molecular flexibility index (Phi) is 4.51. The largest absolute Gasteiger partial charge is 0.351 e. The minimum Gasteiger partial charge on any atom is -0.351 e. The van der Waals surface area contributed by atoms with Gasteiger partial charge < -0.3 is 16.4 Å². The monoisotopic (exact) mass is 235 g/mol. The Morgan fingerprint density at radius 3 is 2.35 bits per heavy atom. The van der Waals surface area contributed by atoms with Crippen molar-refractivity contribution in [3.8, 4) is 0 Å². The summed E-state index contributed by atoms with van der Waals surface area (Å²) in [5.41, 5.74) is 6.10. The van der Waals surface area contributed by atoms with E-state index in [1.807, 2.05) is 13.8 Å². The topological polar surface area (TPSA) is 84.2 Å². The highest BCUT2D eigenvalue weighted by Gasteiger charge is 2.08. The van der Waals surface area contributed by atoms with E-state index in [1.54, 1.807) is 24.3 Å². The van der Waals surface area contributed by atoms with Crippen molar-refractivity contribution < 1.29 is 9.59 Å². The van der Waals surface area contributed by atoms with Crippen LogP contribution in [0.3, 0.4) is 0 Å². The molecule has 0 saturated carbocycles. The Morgan fingerprint density at radius 2 is 1.88 bits per heavy atom. The van der Waals surface area contributed by atoms with Crippen molar-refractivity contribution in [2.75, 3.05) is 5.32 Å². The van der Waals surface area contributed by atoms with Crippen LogP contribution in [0.1, 0.15) is 30.6 Å². The van der Waals surface area contributed by atoms with E-state index in [9.17, 15) is 9.59 Å². The molecule has 0 bridgehead atoms. The third kappa shape index (κ3) is 4.14. The van der Waals surface area contributed by atoms with E-state index in [1.165, 1.54) is 0 Å². The molecule has 0 aliphatic heterocycles. The Balaban J connectivity index is 2.67. The number of benzene rings is 1. The van der Waals surface area contributed by atoms with Crippen LogP contribution in [-0.4, -0.2) is 18.0 Å². The zero-order valence-electron chi connectivity index (χ0n) is 9.99. The average molecular weight is 235 g/mol. The first-order valence-electron chi connectivity index (χ1n) is 5.50. The normalized spacial score (nSPS) is 11.6. The second-order valence-electron chi connectivity index (χ2n) is 3.85. The smallest absolute Gasteiger partial charge is 0.316 e. The highest BCUT2D eigenvalue weighted by Crippen LogP contribution is 2.09. The molecule has 0 heterocycles. The summed E-state index contributed by atoms with van der Waals surface area (Å²) in [5.74, 6) is -0.120. The van der Waals surface area contributed by atoms with Crippen molar-refractivity contribution in [2.24, 2.45) is 5.73 Å². The number of amides is 3. The minimum absolute atomic E-state index is 0.120. The van der Waals surface area contributed by atoms with Crippen LogP contribution in [0.2, 0.25) is 0 Å². The first kappa shape index (κ1) is 13.0. The van der Waals surface area contributed by atoms with Crippen LogP contribution in [0.5, 0.6) is 0 Å². The summed E-state index contributed by atoms with van der Waals surface area (Å²) in [6.45, 7) is 3.95. The lowest BCUT2D eigenvalue weighted by molar-refractivity contribution is 0.0939. The van der Waals surface area contributed by atoms with Crippen molar-refractivity contribution in [1.29, 1.82) is 0 Å². The van der Waals surface area contributed by atoms with Gasteiger partial charge in [0.05, 0.1) is 0 Å². The minimum atomic E-state index is -0.623. The summed E-state index contributed by atoms with van der Waals surface area (Å²) in [6, 6.07) is 6.08. The fourth-order valence-corrected chi connectivity index (χ4v) is 1.26. The summed E-state index contributed by atoms with van der Waals surface area (Å²) in [7, 11) is 0. The zero-order chi connectivity index (χ0) is 12.8. The first-order valence-corrected chi connectivity index (χ1v) is 5.50. The molecule has 0 fully saturated rings. The summed E-state index contributed by atoms with van der Waals surface area (Å²) in [5, 5.41) is 5.29. The van der Waals surface area contributed by atoms with Crippen LogP contribution in [0.4, 0.5) is 10.5 Å². The van der Waals surface area contributed by atoms with Crippen LogP contribution in [-0.2, 0) is 0 Å². The number of hydrogen-bond donors (Lipinski definition) is 3. The summed E-state index contributed by atoms with van der Waals surface area (Å²) in [6.07, 6.45) is 0.882. The lowest BCUT2D eigenvalue weighted by atomic mass is 10.1. The van der Waals surface area contributed by atoms with Gasteiger partial charge in [0.1, 0.15) is 0 Å². The van der Waals surface area contributed by atoms with Gasteiger partial charge in [-0.2, -0.15) is 0 Å². The lowest BCUT2D eigenvalue weighted by Gasteiger charge is -2.11. The van der Waals surface area contributed by atoms with Gasteiger partial charge in [-0.25, -0.2) is 4.79 Å². The molecule has 0 aliphatic rings. The Labute approximate surface area is 100 Å². The number of carbonyl (C=O) groups excluding carboxylic acids is 2. The second-order valence-corrected chi connectivity index (χ2v) is 3.85. The number of nitrogens with two attached hydrogens (primary N) is 1. The molecule has 1 aromatic carbocycles. The van der Waals surface area contributed by atoms with Crippen molar-refractivity contribution >= 4 is 17.6 Å². The standard InChI is InChI=1S/C12H17N3O2/c1-3-8(2)14-11(16)9-4-6-10(7-5-9)15-12(13)17/h4-8H,3H2,1-2H3,(H,14,16)(H3,13,15,17)/t8-/m0/s1. The fourth-order valence-electron chi connectivity index (χ4n) is 1.26. The van der Waals surface area contributed by atoms with Crippen molar-refractivity contribution in [1.82, 2.24) is 5.32 Å². The summed E-state index contributed by atoms with van der Waals surface area (Å²) < 4.78 is 0. The lowest BCUT2D eigenvalue weighted by Crippen LogP contribution is -2.31. The van der Waals surface area contributed by atoms with Gasteiger partial charge >= 0.3 is 6.03 Å². The molecule has 0 spiro atoms. The maximum atomic E-state index is 11.7. The number of primary amides is 1. The van der Waals surface area contributed by atoms with Crippen LogP contribution in [0.25, 0.3) is 0 Å². The maximum absolute atomic E-state index is 11.7. The SMILES string of the molecule is CC[C@H](C)NC(=O)c1ccc(NC(N)=O)cc1. The van der Waals surface area contributed by atoms with Gasteiger partial charge in [0.25, 0.3) is 5.91 Å². The van der Waals surface area contributed by atoms with Gasteiger partial charge in [-0.1, -0.05) is 6.92 Å². The molecule has 0 radical (unpaired) electrons. The number of hydrogen-bond acceptors (Lipinski definition) is 2. The second kappa shape index (κ2) is 5.89. The maximum Gasteiger partial charge on any atom is 0.316 e. The van der Waals surface area contributed by atoms with E-state index in [4.69, 9.17) is 5.73 Å². The van der Waals surface area contributed by atoms with Crippen molar-refractivity contribution in [2.45, 2.75) is 26.3 Å². The molecule has 1 atom stereocenters. The highest BCUT2D eigenvalue weighted by atomic mass is 16.2. The summed E-state index contributed by atoms with van der Waals surface area (Å²) in [4.78, 5) is 22.3. The highest BCUT2D eigenvalue weighted by molar-refractivity contribution is 5.95. The van der Waals surface area contributed by atoms with E-state index < -0.39 is 6.03 Å². The molecule has 5 heteroatoms. The predicted octanol–water partition coefficient (Wildman–Crippen LogP) is 1.71. The molecule has 92 valence electrons.